The monoisotopic (exact) mass is 240 g/mol. The maximum absolute atomic E-state index is 5.68. The lowest BCUT2D eigenvalue weighted by Crippen LogP contribution is -2.21. The average molecular weight is 240 g/mol. The third-order valence-electron chi connectivity index (χ3n) is 4.63. The first-order valence-corrected chi connectivity index (χ1v) is 7.66. The topological polar surface area (TPSA) is 9.23 Å². The van der Waals surface area contributed by atoms with Gasteiger partial charge < -0.3 is 4.74 Å². The number of hydrogen-bond donors (Lipinski definition) is 0. The Kier molecular flexibility index (Phi) is 7.18. The van der Waals surface area contributed by atoms with E-state index in [2.05, 4.69) is 20.8 Å². The van der Waals surface area contributed by atoms with Gasteiger partial charge in [-0.3, -0.25) is 0 Å². The van der Waals surface area contributed by atoms with E-state index in [4.69, 9.17) is 4.74 Å². The van der Waals surface area contributed by atoms with E-state index >= 15 is 0 Å². The maximum atomic E-state index is 5.68. The van der Waals surface area contributed by atoms with Crippen molar-refractivity contribution in [3.8, 4) is 0 Å². The average Bonchev–Trinajstić information content (AvgIpc) is 2.30. The normalized spacial score (nSPS) is 38.1. The van der Waals surface area contributed by atoms with Crippen LogP contribution >= 0.6 is 0 Å². The van der Waals surface area contributed by atoms with E-state index in [9.17, 15) is 0 Å². The molecular weight excluding hydrogens is 208 g/mol. The van der Waals surface area contributed by atoms with Crippen LogP contribution in [0.5, 0.6) is 0 Å². The van der Waals surface area contributed by atoms with Crippen LogP contribution < -0.4 is 0 Å². The molecule has 0 heterocycles. The van der Waals surface area contributed by atoms with Crippen LogP contribution in [-0.2, 0) is 4.74 Å². The quantitative estimate of drug-likeness (QED) is 0.623. The van der Waals surface area contributed by atoms with Crippen LogP contribution in [0, 0.1) is 17.8 Å². The Balaban J connectivity index is 2.47. The summed E-state index contributed by atoms with van der Waals surface area (Å²) in [6.07, 6.45) is 11.5. The zero-order valence-corrected chi connectivity index (χ0v) is 12.4. The molecule has 0 aliphatic heterocycles. The minimum atomic E-state index is 0.494. The van der Waals surface area contributed by atoms with E-state index in [-0.39, 0.29) is 0 Å². The second kappa shape index (κ2) is 8.13. The molecule has 17 heavy (non-hydrogen) atoms. The summed E-state index contributed by atoms with van der Waals surface area (Å²) in [6, 6.07) is 0. The molecule has 1 nitrogen and oxygen atoms in total. The zero-order chi connectivity index (χ0) is 12.7. The summed E-state index contributed by atoms with van der Waals surface area (Å²) < 4.78 is 5.68. The highest BCUT2D eigenvalue weighted by molar-refractivity contribution is 4.70. The largest absolute Gasteiger partial charge is 0.381 e. The molecule has 4 atom stereocenters. The summed E-state index contributed by atoms with van der Waals surface area (Å²) in [5.74, 6) is 2.55. The highest BCUT2D eigenvalue weighted by Crippen LogP contribution is 2.27. The van der Waals surface area contributed by atoms with E-state index in [1.165, 1.54) is 51.4 Å². The molecule has 1 heteroatoms. The smallest absolute Gasteiger partial charge is 0.0596 e. The maximum Gasteiger partial charge on any atom is 0.0596 e. The molecule has 1 aliphatic carbocycles. The Morgan fingerprint density at radius 3 is 1.82 bits per heavy atom. The van der Waals surface area contributed by atoms with Gasteiger partial charge in [0.2, 0.25) is 0 Å². The molecule has 0 radical (unpaired) electrons. The highest BCUT2D eigenvalue weighted by Gasteiger charge is 2.18. The van der Waals surface area contributed by atoms with Crippen molar-refractivity contribution >= 4 is 0 Å². The second-order valence-corrected chi connectivity index (χ2v) is 6.40. The molecule has 0 N–H and O–H groups in total. The number of hydrogen-bond acceptors (Lipinski definition) is 1. The van der Waals surface area contributed by atoms with Gasteiger partial charge in [0, 0.05) is 7.11 Å². The van der Waals surface area contributed by atoms with Gasteiger partial charge >= 0.3 is 0 Å². The first-order valence-electron chi connectivity index (χ1n) is 7.66. The molecular formula is C16H32O. The van der Waals surface area contributed by atoms with Gasteiger partial charge in [-0.2, -0.15) is 0 Å². The van der Waals surface area contributed by atoms with Gasteiger partial charge in [0.1, 0.15) is 0 Å². The fourth-order valence-corrected chi connectivity index (χ4v) is 3.14. The fraction of sp³-hybridized carbons (Fsp3) is 1.00. The van der Waals surface area contributed by atoms with Crippen LogP contribution in [0.1, 0.15) is 72.1 Å². The number of methoxy groups -OCH3 is 1. The Labute approximate surface area is 108 Å². The highest BCUT2D eigenvalue weighted by atomic mass is 16.5. The van der Waals surface area contributed by atoms with Crippen LogP contribution in [0.15, 0.2) is 0 Å². The Morgan fingerprint density at radius 2 is 1.24 bits per heavy atom. The van der Waals surface area contributed by atoms with Crippen molar-refractivity contribution in [2.75, 3.05) is 7.11 Å². The minimum Gasteiger partial charge on any atom is -0.381 e. The van der Waals surface area contributed by atoms with Crippen LogP contribution in [0.3, 0.4) is 0 Å². The minimum absolute atomic E-state index is 0.494. The molecule has 0 bridgehead atoms. The molecule has 0 aromatic rings. The van der Waals surface area contributed by atoms with Crippen molar-refractivity contribution in [1.29, 1.82) is 0 Å². The van der Waals surface area contributed by atoms with Crippen molar-refractivity contribution < 1.29 is 4.74 Å². The van der Waals surface area contributed by atoms with E-state index in [0.717, 1.165) is 17.8 Å². The predicted molar refractivity (Wildman–Crippen MR) is 75.2 cm³/mol. The predicted octanol–water partition coefficient (Wildman–Crippen LogP) is 5.04. The van der Waals surface area contributed by atoms with E-state index in [0.29, 0.717) is 6.10 Å². The van der Waals surface area contributed by atoms with Gasteiger partial charge in [0.05, 0.1) is 6.10 Å². The third kappa shape index (κ3) is 5.90. The van der Waals surface area contributed by atoms with Crippen LogP contribution in [0.4, 0.5) is 0 Å². The summed E-state index contributed by atoms with van der Waals surface area (Å²) in [4.78, 5) is 0. The van der Waals surface area contributed by atoms with Crippen LogP contribution in [0.25, 0.3) is 0 Å². The first kappa shape index (κ1) is 15.0. The molecule has 1 fully saturated rings. The number of rotatable bonds is 1. The van der Waals surface area contributed by atoms with E-state index in [1.54, 1.807) is 0 Å². The Bertz CT molecular complexity index is 190. The molecule has 0 aromatic heterocycles. The summed E-state index contributed by atoms with van der Waals surface area (Å²) in [6.45, 7) is 7.21. The fourth-order valence-electron chi connectivity index (χ4n) is 3.14. The lowest BCUT2D eigenvalue weighted by molar-refractivity contribution is 0.0429. The van der Waals surface area contributed by atoms with Crippen molar-refractivity contribution in [3.63, 3.8) is 0 Å². The molecule has 0 aromatic carbocycles. The van der Waals surface area contributed by atoms with Crippen molar-refractivity contribution in [3.05, 3.63) is 0 Å². The van der Waals surface area contributed by atoms with Crippen LogP contribution in [-0.4, -0.2) is 13.2 Å². The molecule has 0 amide bonds. The number of ether oxygens (including phenoxy) is 1. The molecule has 0 spiro atoms. The van der Waals surface area contributed by atoms with Gasteiger partial charge in [0.15, 0.2) is 0 Å². The van der Waals surface area contributed by atoms with Gasteiger partial charge in [-0.25, -0.2) is 0 Å². The Hall–Kier alpha value is -0.0400. The van der Waals surface area contributed by atoms with E-state index < -0.39 is 0 Å². The van der Waals surface area contributed by atoms with Crippen molar-refractivity contribution in [2.24, 2.45) is 17.8 Å². The van der Waals surface area contributed by atoms with Gasteiger partial charge in [-0.05, 0) is 30.6 Å². The zero-order valence-electron chi connectivity index (χ0n) is 12.4. The molecule has 4 unspecified atom stereocenters. The summed E-state index contributed by atoms with van der Waals surface area (Å²) in [5.41, 5.74) is 0. The van der Waals surface area contributed by atoms with Gasteiger partial charge in [-0.15, -0.1) is 0 Å². The van der Waals surface area contributed by atoms with Crippen molar-refractivity contribution in [2.45, 2.75) is 78.2 Å². The molecule has 0 saturated heterocycles. The summed E-state index contributed by atoms with van der Waals surface area (Å²) in [7, 11) is 1.89. The molecule has 1 rings (SSSR count). The molecule has 1 saturated carbocycles. The standard InChI is InChI=1S/C16H32O/c1-13-7-5-8-14(2)11-12-15(3)16(17-4)10-6-9-13/h13-16H,5-12H2,1-4H3. The Morgan fingerprint density at radius 1 is 0.706 bits per heavy atom. The van der Waals surface area contributed by atoms with Gasteiger partial charge in [-0.1, -0.05) is 59.3 Å². The van der Waals surface area contributed by atoms with Gasteiger partial charge in [0.25, 0.3) is 0 Å². The second-order valence-electron chi connectivity index (χ2n) is 6.40. The lowest BCUT2D eigenvalue weighted by Gasteiger charge is -2.25. The lowest BCUT2D eigenvalue weighted by atomic mass is 9.86. The molecule has 102 valence electrons. The summed E-state index contributed by atoms with van der Waals surface area (Å²) in [5, 5.41) is 0. The van der Waals surface area contributed by atoms with E-state index in [1.807, 2.05) is 7.11 Å². The molecule has 1 aliphatic rings. The van der Waals surface area contributed by atoms with Crippen molar-refractivity contribution in [1.82, 2.24) is 0 Å². The first-order chi connectivity index (χ1) is 8.13. The SMILES string of the molecule is COC1CCCC(C)CCCC(C)CCC1C. The third-order valence-corrected chi connectivity index (χ3v) is 4.63. The summed E-state index contributed by atoms with van der Waals surface area (Å²) >= 11 is 0. The van der Waals surface area contributed by atoms with Crippen LogP contribution in [0.2, 0.25) is 0 Å².